The third-order valence-electron chi connectivity index (χ3n) is 7.18. The van der Waals surface area contributed by atoms with Gasteiger partial charge in [0.2, 0.25) is 5.82 Å². The molecule has 4 rings (SSSR count). The Morgan fingerprint density at radius 1 is 1.12 bits per heavy atom. The second-order valence-corrected chi connectivity index (χ2v) is 10.6. The number of aromatic nitrogens is 5. The summed E-state index contributed by atoms with van der Waals surface area (Å²) >= 11 is 6.03. The number of ether oxygens (including phenoxy) is 1. The Hall–Kier alpha value is -4.08. The van der Waals surface area contributed by atoms with Crippen molar-refractivity contribution in [2.45, 2.75) is 45.6 Å². The van der Waals surface area contributed by atoms with Gasteiger partial charge in [0.25, 0.3) is 5.56 Å². The van der Waals surface area contributed by atoms with Gasteiger partial charge in [0.05, 0.1) is 7.11 Å². The van der Waals surface area contributed by atoms with Crippen LogP contribution in [0.4, 0.5) is 0 Å². The topological polar surface area (TPSA) is 106 Å². The van der Waals surface area contributed by atoms with E-state index in [2.05, 4.69) is 49.3 Å². The molecule has 9 nitrogen and oxygen atoms in total. The first kappa shape index (κ1) is 30.9. The molecule has 1 saturated heterocycles. The zero-order valence-electron chi connectivity index (χ0n) is 24.3. The van der Waals surface area contributed by atoms with Gasteiger partial charge in [0.15, 0.2) is 16.9 Å². The van der Waals surface area contributed by atoms with E-state index in [4.69, 9.17) is 16.3 Å². The molecule has 1 aliphatic rings. The summed E-state index contributed by atoms with van der Waals surface area (Å²) < 4.78 is 6.78. The second-order valence-electron chi connectivity index (χ2n) is 10.1. The zero-order valence-corrected chi connectivity index (χ0v) is 25.1. The van der Waals surface area contributed by atoms with Gasteiger partial charge in [-0.05, 0) is 69.4 Å². The van der Waals surface area contributed by atoms with Gasteiger partial charge in [-0.2, -0.15) is 0 Å². The molecule has 0 aliphatic carbocycles. The SMILES string of the molecule is C\C=C(Cl)/C=C(C)\C=C\C=C\C=C(/OC)c1nnc2[nH]c(=O)n(C3CCCN(CCc4ccccc4)CC3)c(=O)c2n1. The quantitative estimate of drug-likeness (QED) is 0.252. The van der Waals surface area contributed by atoms with Gasteiger partial charge < -0.3 is 9.64 Å². The van der Waals surface area contributed by atoms with Crippen molar-refractivity contribution in [3.63, 3.8) is 0 Å². The summed E-state index contributed by atoms with van der Waals surface area (Å²) in [6.45, 7) is 6.51. The molecule has 0 bridgehead atoms. The number of aromatic amines is 1. The fourth-order valence-corrected chi connectivity index (χ4v) is 5.08. The van der Waals surface area contributed by atoms with Gasteiger partial charge in [-0.15, -0.1) is 10.2 Å². The van der Waals surface area contributed by atoms with Crippen molar-refractivity contribution in [2.75, 3.05) is 26.7 Å². The number of likely N-dealkylation sites (tertiary alicyclic amines) is 1. The number of hydrogen-bond donors (Lipinski definition) is 1. The number of nitrogens with zero attached hydrogens (tertiary/aromatic N) is 5. The van der Waals surface area contributed by atoms with Crippen LogP contribution in [0, 0.1) is 0 Å². The summed E-state index contributed by atoms with van der Waals surface area (Å²) in [6.07, 6.45) is 16.1. The van der Waals surface area contributed by atoms with Crippen LogP contribution < -0.4 is 11.2 Å². The minimum atomic E-state index is -0.489. The molecule has 1 unspecified atom stereocenters. The van der Waals surface area contributed by atoms with E-state index in [0.29, 0.717) is 17.2 Å². The van der Waals surface area contributed by atoms with Crippen LogP contribution in [0.15, 0.2) is 93.1 Å². The summed E-state index contributed by atoms with van der Waals surface area (Å²) in [5.74, 6) is 0.483. The Morgan fingerprint density at radius 3 is 2.69 bits per heavy atom. The van der Waals surface area contributed by atoms with Crippen LogP contribution in [0.25, 0.3) is 16.9 Å². The lowest BCUT2D eigenvalue weighted by Gasteiger charge is -2.20. The molecule has 0 spiro atoms. The normalized spacial score (nSPS) is 17.8. The number of nitrogens with one attached hydrogen (secondary N) is 1. The number of benzene rings is 1. The maximum absolute atomic E-state index is 13.6. The van der Waals surface area contributed by atoms with Crippen LogP contribution in [0.3, 0.4) is 0 Å². The standard InChI is InChI=1S/C32H37ClN6O3/c1-4-25(33)22-23(2)12-7-5-10-16-27(42-3)29-34-28-30(37-36-29)35-32(41)39(31(28)40)26-15-11-19-38(21-18-26)20-17-24-13-8-6-9-14-24/h4-10,12-14,16,22,26H,11,15,17-21H2,1-3H3,(H,35,37,41)/b10-5+,12-7+,23-22-,25-4+,27-16-. The largest absolute Gasteiger partial charge is 0.493 e. The van der Waals surface area contributed by atoms with E-state index in [1.165, 1.54) is 17.2 Å². The Kier molecular flexibility index (Phi) is 11.2. The predicted octanol–water partition coefficient (Wildman–Crippen LogP) is 5.33. The molecule has 0 amide bonds. The molecule has 3 aromatic rings. The molecule has 0 radical (unpaired) electrons. The van der Waals surface area contributed by atoms with Crippen molar-refractivity contribution in [1.82, 2.24) is 29.6 Å². The van der Waals surface area contributed by atoms with Crippen molar-refractivity contribution < 1.29 is 4.74 Å². The van der Waals surface area contributed by atoms with Crippen LogP contribution in [-0.2, 0) is 11.2 Å². The summed E-state index contributed by atoms with van der Waals surface area (Å²) in [5.41, 5.74) is 1.45. The van der Waals surface area contributed by atoms with Crippen LogP contribution >= 0.6 is 11.6 Å². The van der Waals surface area contributed by atoms with E-state index < -0.39 is 11.2 Å². The lowest BCUT2D eigenvalue weighted by Crippen LogP contribution is -2.39. The average Bonchev–Trinajstić information content (AvgIpc) is 3.24. The lowest BCUT2D eigenvalue weighted by molar-refractivity contribution is 0.283. The Bertz CT molecular complexity index is 1640. The number of allylic oxidation sites excluding steroid dienone is 9. The van der Waals surface area contributed by atoms with Gasteiger partial charge in [-0.1, -0.05) is 72.3 Å². The molecule has 10 heteroatoms. The molecule has 1 aromatic carbocycles. The molecule has 42 heavy (non-hydrogen) atoms. The first-order valence-electron chi connectivity index (χ1n) is 14.1. The van der Waals surface area contributed by atoms with Gasteiger partial charge in [-0.25, -0.2) is 9.78 Å². The van der Waals surface area contributed by atoms with E-state index in [1.54, 1.807) is 12.2 Å². The number of H-pyrrole nitrogens is 1. The molecule has 3 heterocycles. The number of hydrogen-bond acceptors (Lipinski definition) is 7. The first-order chi connectivity index (χ1) is 20.4. The highest BCUT2D eigenvalue weighted by Gasteiger charge is 2.23. The van der Waals surface area contributed by atoms with E-state index in [0.717, 1.165) is 44.5 Å². The van der Waals surface area contributed by atoms with Gasteiger partial charge in [0.1, 0.15) is 0 Å². The molecule has 1 N–H and O–H groups in total. The van der Waals surface area contributed by atoms with Gasteiger partial charge in [0, 0.05) is 24.2 Å². The summed E-state index contributed by atoms with van der Waals surface area (Å²) in [7, 11) is 1.50. The summed E-state index contributed by atoms with van der Waals surface area (Å²) in [6, 6.07) is 10.2. The molecule has 220 valence electrons. The number of methoxy groups -OCH3 is 1. The van der Waals surface area contributed by atoms with Crippen LogP contribution in [-0.4, -0.2) is 56.4 Å². The minimum absolute atomic E-state index is 0.0539. The zero-order chi connectivity index (χ0) is 29.9. The van der Waals surface area contributed by atoms with E-state index in [-0.39, 0.29) is 23.0 Å². The summed E-state index contributed by atoms with van der Waals surface area (Å²) in [5, 5.41) is 8.82. The monoisotopic (exact) mass is 588 g/mol. The predicted molar refractivity (Wildman–Crippen MR) is 168 cm³/mol. The smallest absolute Gasteiger partial charge is 0.330 e. The average molecular weight is 589 g/mol. The van der Waals surface area contributed by atoms with Gasteiger partial charge in [-0.3, -0.25) is 14.3 Å². The van der Waals surface area contributed by atoms with Gasteiger partial charge >= 0.3 is 5.69 Å². The fourth-order valence-electron chi connectivity index (χ4n) is 4.91. The van der Waals surface area contributed by atoms with Crippen LogP contribution in [0.1, 0.15) is 50.5 Å². The maximum atomic E-state index is 13.6. The molecule has 2 aromatic heterocycles. The number of halogens is 1. The molecule has 1 aliphatic heterocycles. The Morgan fingerprint density at radius 2 is 1.93 bits per heavy atom. The highest BCUT2D eigenvalue weighted by atomic mass is 35.5. The second kappa shape index (κ2) is 15.2. The molecule has 1 atom stereocenters. The molecular formula is C32H37ClN6O3. The van der Waals surface area contributed by atoms with Crippen molar-refractivity contribution in [2.24, 2.45) is 0 Å². The summed E-state index contributed by atoms with van der Waals surface area (Å²) in [4.78, 5) is 36.1. The molecule has 0 saturated carbocycles. The maximum Gasteiger partial charge on any atom is 0.330 e. The third-order valence-corrected chi connectivity index (χ3v) is 7.51. The van der Waals surface area contributed by atoms with Crippen LogP contribution in [0.2, 0.25) is 0 Å². The third kappa shape index (κ3) is 8.24. The van der Waals surface area contributed by atoms with Crippen molar-refractivity contribution in [3.05, 3.63) is 116 Å². The highest BCUT2D eigenvalue weighted by Crippen LogP contribution is 2.21. The Labute approximate surface area is 250 Å². The van der Waals surface area contributed by atoms with E-state index >= 15 is 0 Å². The van der Waals surface area contributed by atoms with Crippen molar-refractivity contribution in [3.8, 4) is 0 Å². The molecular weight excluding hydrogens is 552 g/mol. The van der Waals surface area contributed by atoms with E-state index in [1.807, 2.05) is 50.3 Å². The van der Waals surface area contributed by atoms with Crippen molar-refractivity contribution >= 4 is 28.5 Å². The Balaban J connectivity index is 1.51. The minimum Gasteiger partial charge on any atom is -0.493 e. The number of fused-ring (bicyclic) bond motifs is 1. The number of rotatable bonds is 10. The van der Waals surface area contributed by atoms with Crippen molar-refractivity contribution in [1.29, 1.82) is 0 Å². The lowest BCUT2D eigenvalue weighted by atomic mass is 10.1. The first-order valence-corrected chi connectivity index (χ1v) is 14.5. The molecule has 1 fully saturated rings. The fraction of sp³-hybridized carbons (Fsp3) is 0.344. The van der Waals surface area contributed by atoms with Crippen LogP contribution in [0.5, 0.6) is 0 Å². The highest BCUT2D eigenvalue weighted by molar-refractivity contribution is 6.31. The van der Waals surface area contributed by atoms with E-state index in [9.17, 15) is 9.59 Å².